The van der Waals surface area contributed by atoms with Gasteiger partial charge in [-0.3, -0.25) is 9.59 Å². The van der Waals surface area contributed by atoms with E-state index in [2.05, 4.69) is 43.5 Å². The number of ether oxygens (including phenoxy) is 1. The summed E-state index contributed by atoms with van der Waals surface area (Å²) in [6, 6.07) is -0.563. The van der Waals surface area contributed by atoms with Crippen molar-refractivity contribution in [1.29, 1.82) is 0 Å². The lowest BCUT2D eigenvalue weighted by molar-refractivity contribution is -0.143. The third-order valence-corrected chi connectivity index (χ3v) is 13.0. The van der Waals surface area contributed by atoms with Crippen LogP contribution in [0.25, 0.3) is 0 Å². The van der Waals surface area contributed by atoms with Gasteiger partial charge in [-0.2, -0.15) is 0 Å². The van der Waals surface area contributed by atoms with Gasteiger partial charge in [0.15, 0.2) is 0 Å². The summed E-state index contributed by atoms with van der Waals surface area (Å²) in [5.41, 5.74) is 0. The van der Waals surface area contributed by atoms with Crippen LogP contribution in [0.1, 0.15) is 303 Å². The quantitative estimate of drug-likeness (QED) is 0.0321. The monoisotopic (exact) mass is 888 g/mol. The number of aliphatic hydroxyl groups is 2. The SMILES string of the molecule is CCCCCC/C=C\C/C=C\CCCCCCCCCC(=O)OCCCCCCCCCCCC(=O)NC(CO)C(O)CCCCCCCCCCCCCCCCCCCCC. The first kappa shape index (κ1) is 61.3. The van der Waals surface area contributed by atoms with Gasteiger partial charge in [0.25, 0.3) is 0 Å². The van der Waals surface area contributed by atoms with E-state index in [-0.39, 0.29) is 18.5 Å². The molecule has 0 fully saturated rings. The lowest BCUT2D eigenvalue weighted by Gasteiger charge is -2.22. The van der Waals surface area contributed by atoms with Gasteiger partial charge in [-0.1, -0.05) is 256 Å². The fourth-order valence-corrected chi connectivity index (χ4v) is 8.67. The van der Waals surface area contributed by atoms with Crippen LogP contribution in [0.3, 0.4) is 0 Å². The Morgan fingerprint density at radius 1 is 0.444 bits per heavy atom. The minimum atomic E-state index is -0.683. The molecule has 63 heavy (non-hydrogen) atoms. The van der Waals surface area contributed by atoms with Gasteiger partial charge in [0.1, 0.15) is 0 Å². The number of hydrogen-bond acceptors (Lipinski definition) is 5. The summed E-state index contributed by atoms with van der Waals surface area (Å²) in [5, 5.41) is 23.3. The number of amides is 1. The average Bonchev–Trinajstić information content (AvgIpc) is 3.28. The van der Waals surface area contributed by atoms with E-state index in [0.717, 1.165) is 64.2 Å². The van der Waals surface area contributed by atoms with Crippen LogP contribution in [0.4, 0.5) is 0 Å². The highest BCUT2D eigenvalue weighted by Crippen LogP contribution is 2.17. The largest absolute Gasteiger partial charge is 0.466 e. The van der Waals surface area contributed by atoms with Gasteiger partial charge < -0.3 is 20.3 Å². The lowest BCUT2D eigenvalue weighted by Crippen LogP contribution is -2.45. The van der Waals surface area contributed by atoms with Crippen LogP contribution in [0, 0.1) is 0 Å². The van der Waals surface area contributed by atoms with Crippen LogP contribution in [-0.4, -0.2) is 47.4 Å². The number of unbranched alkanes of at least 4 members (excludes halogenated alkanes) is 37. The molecule has 0 aromatic rings. The molecule has 0 bridgehead atoms. The van der Waals surface area contributed by atoms with E-state index in [1.807, 2.05) is 0 Å². The van der Waals surface area contributed by atoms with Gasteiger partial charge in [0, 0.05) is 12.8 Å². The fourth-order valence-electron chi connectivity index (χ4n) is 8.67. The number of rotatable bonds is 52. The molecule has 1 amide bonds. The summed E-state index contributed by atoms with van der Waals surface area (Å²) in [6.07, 6.45) is 63.0. The van der Waals surface area contributed by atoms with Crippen LogP contribution in [0.15, 0.2) is 24.3 Å². The molecule has 0 radical (unpaired) electrons. The summed E-state index contributed by atoms with van der Waals surface area (Å²) < 4.78 is 5.46. The molecule has 0 rings (SSSR count). The second-order valence-corrected chi connectivity index (χ2v) is 19.3. The molecule has 0 aliphatic heterocycles. The van der Waals surface area contributed by atoms with Crippen molar-refractivity contribution >= 4 is 11.9 Å². The highest BCUT2D eigenvalue weighted by molar-refractivity contribution is 5.76. The molecule has 0 aliphatic rings. The van der Waals surface area contributed by atoms with Crippen molar-refractivity contribution in [3.8, 4) is 0 Å². The van der Waals surface area contributed by atoms with Gasteiger partial charge in [-0.25, -0.2) is 0 Å². The number of esters is 1. The first-order valence-electron chi connectivity index (χ1n) is 28.1. The summed E-state index contributed by atoms with van der Waals surface area (Å²) in [5.74, 6) is -0.0926. The predicted molar refractivity (Wildman–Crippen MR) is 273 cm³/mol. The Balaban J connectivity index is 3.48. The molecule has 372 valence electrons. The van der Waals surface area contributed by atoms with Gasteiger partial charge in [-0.15, -0.1) is 0 Å². The van der Waals surface area contributed by atoms with E-state index in [1.165, 1.54) is 205 Å². The second-order valence-electron chi connectivity index (χ2n) is 19.3. The van der Waals surface area contributed by atoms with Gasteiger partial charge in [0.05, 0.1) is 25.4 Å². The summed E-state index contributed by atoms with van der Waals surface area (Å²) in [7, 11) is 0. The minimum absolute atomic E-state index is 0.0316. The van der Waals surface area contributed by atoms with Crippen LogP contribution < -0.4 is 5.32 Å². The summed E-state index contributed by atoms with van der Waals surface area (Å²) >= 11 is 0. The molecule has 0 saturated heterocycles. The van der Waals surface area contributed by atoms with Crippen molar-refractivity contribution < 1.29 is 24.5 Å². The molecule has 2 unspecified atom stereocenters. The van der Waals surface area contributed by atoms with Crippen LogP contribution >= 0.6 is 0 Å². The highest BCUT2D eigenvalue weighted by Gasteiger charge is 2.20. The summed E-state index contributed by atoms with van der Waals surface area (Å²) in [6.45, 7) is 4.89. The van der Waals surface area contributed by atoms with Gasteiger partial charge in [-0.05, 0) is 57.8 Å². The smallest absolute Gasteiger partial charge is 0.305 e. The van der Waals surface area contributed by atoms with Gasteiger partial charge >= 0.3 is 5.97 Å². The van der Waals surface area contributed by atoms with Crippen molar-refractivity contribution in [3.05, 3.63) is 24.3 Å². The Labute approximate surface area is 392 Å². The topological polar surface area (TPSA) is 95.9 Å². The number of nitrogens with one attached hydrogen (secondary N) is 1. The van der Waals surface area contributed by atoms with Crippen molar-refractivity contribution in [2.75, 3.05) is 13.2 Å². The third kappa shape index (κ3) is 49.6. The van der Waals surface area contributed by atoms with Crippen LogP contribution in [0.5, 0.6) is 0 Å². The lowest BCUT2D eigenvalue weighted by atomic mass is 10.0. The van der Waals surface area contributed by atoms with Crippen LogP contribution in [-0.2, 0) is 14.3 Å². The molecule has 6 heteroatoms. The molecule has 0 heterocycles. The van der Waals surface area contributed by atoms with E-state index in [0.29, 0.717) is 25.9 Å². The zero-order valence-electron chi connectivity index (χ0n) is 42.3. The molecular formula is C57H109NO5. The third-order valence-electron chi connectivity index (χ3n) is 13.0. The second kappa shape index (κ2) is 53.0. The van der Waals surface area contributed by atoms with Crippen molar-refractivity contribution in [2.24, 2.45) is 0 Å². The van der Waals surface area contributed by atoms with Crippen molar-refractivity contribution in [2.45, 2.75) is 315 Å². The van der Waals surface area contributed by atoms with Crippen molar-refractivity contribution in [1.82, 2.24) is 5.32 Å². The van der Waals surface area contributed by atoms with Crippen LogP contribution in [0.2, 0.25) is 0 Å². The number of hydrogen-bond donors (Lipinski definition) is 3. The first-order chi connectivity index (χ1) is 31.0. The molecule has 3 N–H and O–H groups in total. The molecule has 0 spiro atoms. The zero-order valence-corrected chi connectivity index (χ0v) is 42.3. The molecule has 2 atom stereocenters. The molecule has 0 aliphatic carbocycles. The van der Waals surface area contributed by atoms with E-state index in [4.69, 9.17) is 4.74 Å². The standard InChI is InChI=1S/C57H109NO5/c1-3-5-7-9-11-13-15-17-19-21-23-24-26-28-30-33-37-41-45-49-55(60)54(53-59)58-56(61)50-46-42-38-34-32-36-40-44-48-52-63-57(62)51-47-43-39-35-31-29-27-25-22-20-18-16-14-12-10-8-6-4-2/h14,16,20,22,54-55,59-60H,3-13,15,17-19,21,23-53H2,1-2H3,(H,58,61)/b16-14-,22-20-. The Morgan fingerprint density at radius 3 is 1.22 bits per heavy atom. The average molecular weight is 889 g/mol. The Bertz CT molecular complexity index is 982. The Kier molecular flexibility index (Phi) is 51.6. The maximum absolute atomic E-state index is 12.5. The zero-order chi connectivity index (χ0) is 45.8. The highest BCUT2D eigenvalue weighted by atomic mass is 16.5. The van der Waals surface area contributed by atoms with E-state index < -0.39 is 12.1 Å². The molecule has 0 saturated carbocycles. The van der Waals surface area contributed by atoms with Gasteiger partial charge in [0.2, 0.25) is 5.91 Å². The minimum Gasteiger partial charge on any atom is -0.466 e. The predicted octanol–water partition coefficient (Wildman–Crippen LogP) is 17.1. The normalized spacial score (nSPS) is 12.8. The number of aliphatic hydroxyl groups excluding tert-OH is 2. The van der Waals surface area contributed by atoms with E-state index in [9.17, 15) is 19.8 Å². The molecule has 0 aromatic heterocycles. The fraction of sp³-hybridized carbons (Fsp3) is 0.895. The van der Waals surface area contributed by atoms with E-state index in [1.54, 1.807) is 0 Å². The van der Waals surface area contributed by atoms with Crippen molar-refractivity contribution in [3.63, 3.8) is 0 Å². The number of carbonyl (C=O) groups excluding carboxylic acids is 2. The van der Waals surface area contributed by atoms with E-state index >= 15 is 0 Å². The maximum atomic E-state index is 12.5. The number of allylic oxidation sites excluding steroid dienone is 4. The first-order valence-corrected chi connectivity index (χ1v) is 28.1. The Morgan fingerprint density at radius 2 is 0.794 bits per heavy atom. The molecular weight excluding hydrogens is 779 g/mol. The summed E-state index contributed by atoms with van der Waals surface area (Å²) in [4.78, 5) is 24.6. The molecule has 6 nitrogen and oxygen atoms in total. The maximum Gasteiger partial charge on any atom is 0.305 e. The molecule has 0 aromatic carbocycles. The number of carbonyl (C=O) groups is 2. The Hall–Kier alpha value is -1.66.